The number of H-pyrrole nitrogens is 1. The highest BCUT2D eigenvalue weighted by Gasteiger charge is 2.17. The zero-order chi connectivity index (χ0) is 26.4. The number of nitrogens with zero attached hydrogens (tertiary/aromatic N) is 1. The van der Waals surface area contributed by atoms with Crippen LogP contribution in [-0.2, 0) is 13.0 Å². The third-order valence-electron chi connectivity index (χ3n) is 7.16. The molecule has 0 spiro atoms. The third kappa shape index (κ3) is 3.75. The molecular weight excluding hydrogens is 480 g/mol. The van der Waals surface area contributed by atoms with E-state index in [2.05, 4.69) is 21.7 Å². The Labute approximate surface area is 217 Å². The van der Waals surface area contributed by atoms with Crippen molar-refractivity contribution < 1.29 is 14.2 Å². The molecule has 6 rings (SSSR count). The molecule has 0 aliphatic carbocycles. The van der Waals surface area contributed by atoms with Gasteiger partial charge in [0.25, 0.3) is 0 Å². The Bertz CT molecular complexity index is 1970. The molecule has 0 unspecified atom stereocenters. The van der Waals surface area contributed by atoms with Gasteiger partial charge < -0.3 is 23.8 Å². The molecule has 2 aromatic heterocycles. The maximum atomic E-state index is 13.8. The van der Waals surface area contributed by atoms with Crippen LogP contribution in [0.15, 0.2) is 82.4 Å². The average Bonchev–Trinajstić information content (AvgIpc) is 2.96. The molecule has 0 saturated carbocycles. The number of aryl methyl sites for hydroxylation is 2. The molecule has 0 saturated heterocycles. The lowest BCUT2D eigenvalue weighted by Gasteiger charge is -2.17. The highest BCUT2D eigenvalue weighted by Crippen LogP contribution is 2.31. The molecule has 0 aliphatic rings. The molecule has 0 fully saturated rings. The number of hydrogen-bond acceptors (Lipinski definition) is 5. The SMILES string of the molecule is COc1cc(OC)c2[nH]c3cc4c(=O)c5cc(OC)ccc5n(CCc5ccccc5)c4cc3c(=O)c2c1. The van der Waals surface area contributed by atoms with Gasteiger partial charge in [0, 0.05) is 28.8 Å². The van der Waals surface area contributed by atoms with Crippen LogP contribution in [-0.4, -0.2) is 30.9 Å². The predicted molar refractivity (Wildman–Crippen MR) is 151 cm³/mol. The Morgan fingerprint density at radius 2 is 1.39 bits per heavy atom. The lowest BCUT2D eigenvalue weighted by molar-refractivity contribution is 0.397. The first kappa shape index (κ1) is 23.6. The van der Waals surface area contributed by atoms with Crippen molar-refractivity contribution >= 4 is 43.6 Å². The molecule has 7 nitrogen and oxygen atoms in total. The Morgan fingerprint density at radius 1 is 0.684 bits per heavy atom. The topological polar surface area (TPSA) is 82.5 Å². The van der Waals surface area contributed by atoms with Gasteiger partial charge in [-0.15, -0.1) is 0 Å². The molecule has 0 amide bonds. The maximum Gasteiger partial charge on any atom is 0.197 e. The zero-order valence-corrected chi connectivity index (χ0v) is 21.3. The molecule has 0 aliphatic heterocycles. The number of aromatic amines is 1. The number of methoxy groups -OCH3 is 3. The van der Waals surface area contributed by atoms with E-state index in [1.165, 1.54) is 5.56 Å². The molecule has 4 aromatic carbocycles. The van der Waals surface area contributed by atoms with E-state index in [-0.39, 0.29) is 10.9 Å². The third-order valence-corrected chi connectivity index (χ3v) is 7.16. The molecule has 0 atom stereocenters. The first-order valence-corrected chi connectivity index (χ1v) is 12.3. The predicted octanol–water partition coefficient (Wildman–Crippen LogP) is 5.42. The van der Waals surface area contributed by atoms with Crippen molar-refractivity contribution in [3.05, 3.63) is 98.8 Å². The quantitative estimate of drug-likeness (QED) is 0.305. The average molecular weight is 507 g/mol. The first-order valence-electron chi connectivity index (χ1n) is 12.3. The number of nitrogens with one attached hydrogen (secondary N) is 1. The minimum Gasteiger partial charge on any atom is -0.497 e. The smallest absolute Gasteiger partial charge is 0.197 e. The van der Waals surface area contributed by atoms with Crippen LogP contribution in [0.4, 0.5) is 0 Å². The van der Waals surface area contributed by atoms with E-state index in [1.54, 1.807) is 45.6 Å². The number of aromatic nitrogens is 2. The molecule has 1 N–H and O–H groups in total. The maximum absolute atomic E-state index is 13.8. The van der Waals surface area contributed by atoms with E-state index in [4.69, 9.17) is 14.2 Å². The summed E-state index contributed by atoms with van der Waals surface area (Å²) in [6, 6.07) is 22.8. The second kappa shape index (κ2) is 9.27. The Morgan fingerprint density at radius 3 is 2.13 bits per heavy atom. The Hall–Kier alpha value is -4.78. The summed E-state index contributed by atoms with van der Waals surface area (Å²) in [6.07, 6.45) is 0.764. The fourth-order valence-corrected chi connectivity index (χ4v) is 5.20. The van der Waals surface area contributed by atoms with Gasteiger partial charge >= 0.3 is 0 Å². The number of benzene rings is 4. The number of rotatable bonds is 6. The molecule has 0 bridgehead atoms. The summed E-state index contributed by atoms with van der Waals surface area (Å²) in [6.45, 7) is 0.627. The van der Waals surface area contributed by atoms with Crippen molar-refractivity contribution in [2.24, 2.45) is 0 Å². The van der Waals surface area contributed by atoms with Crippen LogP contribution in [0.2, 0.25) is 0 Å². The largest absolute Gasteiger partial charge is 0.497 e. The zero-order valence-electron chi connectivity index (χ0n) is 21.3. The van der Waals surface area contributed by atoms with Crippen LogP contribution in [0.1, 0.15) is 5.56 Å². The summed E-state index contributed by atoms with van der Waals surface area (Å²) in [7, 11) is 4.68. The summed E-state index contributed by atoms with van der Waals surface area (Å²) < 4.78 is 18.5. The van der Waals surface area contributed by atoms with Crippen LogP contribution in [0.25, 0.3) is 43.6 Å². The molecule has 38 heavy (non-hydrogen) atoms. The van der Waals surface area contributed by atoms with Crippen molar-refractivity contribution in [1.82, 2.24) is 9.55 Å². The molecule has 190 valence electrons. The van der Waals surface area contributed by atoms with Gasteiger partial charge in [-0.25, -0.2) is 0 Å². The Balaban J connectivity index is 1.70. The summed E-state index contributed by atoms with van der Waals surface area (Å²) >= 11 is 0. The highest BCUT2D eigenvalue weighted by molar-refractivity contribution is 6.04. The second-order valence-electron chi connectivity index (χ2n) is 9.22. The first-order chi connectivity index (χ1) is 18.5. The van der Waals surface area contributed by atoms with Gasteiger partial charge in [0.05, 0.1) is 48.8 Å². The summed E-state index contributed by atoms with van der Waals surface area (Å²) in [5.41, 5.74) is 3.52. The van der Waals surface area contributed by atoms with Gasteiger partial charge in [-0.3, -0.25) is 9.59 Å². The normalized spacial score (nSPS) is 11.4. The second-order valence-corrected chi connectivity index (χ2v) is 9.22. The van der Waals surface area contributed by atoms with Crippen LogP contribution >= 0.6 is 0 Å². The van der Waals surface area contributed by atoms with Crippen LogP contribution in [0, 0.1) is 0 Å². The Kier molecular flexibility index (Phi) is 5.76. The van der Waals surface area contributed by atoms with Crippen molar-refractivity contribution in [3.63, 3.8) is 0 Å². The lowest BCUT2D eigenvalue weighted by atomic mass is 10.0. The van der Waals surface area contributed by atoms with Crippen LogP contribution in [0.5, 0.6) is 17.2 Å². The van der Waals surface area contributed by atoms with Crippen molar-refractivity contribution in [2.45, 2.75) is 13.0 Å². The number of pyridine rings is 2. The van der Waals surface area contributed by atoms with Gasteiger partial charge in [-0.05, 0) is 48.4 Å². The fraction of sp³-hybridized carbons (Fsp3) is 0.161. The van der Waals surface area contributed by atoms with E-state index in [9.17, 15) is 9.59 Å². The summed E-state index contributed by atoms with van der Waals surface area (Å²) in [5, 5.41) is 2.03. The molecular formula is C31H26N2O5. The minimum absolute atomic E-state index is 0.116. The molecule has 7 heteroatoms. The van der Waals surface area contributed by atoms with Crippen molar-refractivity contribution in [1.29, 1.82) is 0 Å². The van der Waals surface area contributed by atoms with E-state index >= 15 is 0 Å². The summed E-state index contributed by atoms with van der Waals surface area (Å²) in [4.78, 5) is 30.9. The highest BCUT2D eigenvalue weighted by atomic mass is 16.5. The molecule has 6 aromatic rings. The number of fused-ring (bicyclic) bond motifs is 4. The van der Waals surface area contributed by atoms with E-state index in [0.717, 1.165) is 11.9 Å². The standard InChI is InChI=1S/C31H26N2O5/c1-36-19-9-10-26-22(13-19)31(35)23-16-25-21(17-27(23)33(26)12-11-18-7-5-4-6-8-18)30(34)24-14-20(37-2)15-28(38-3)29(24)32-25/h4-10,13-17H,11-12H2,1-3H3,(H,32,34). The van der Waals surface area contributed by atoms with E-state index in [1.807, 2.05) is 36.4 Å². The van der Waals surface area contributed by atoms with E-state index in [0.29, 0.717) is 61.9 Å². The van der Waals surface area contributed by atoms with Gasteiger partial charge in [0.1, 0.15) is 17.2 Å². The van der Waals surface area contributed by atoms with Crippen LogP contribution in [0.3, 0.4) is 0 Å². The monoisotopic (exact) mass is 506 g/mol. The van der Waals surface area contributed by atoms with Crippen molar-refractivity contribution in [2.75, 3.05) is 21.3 Å². The molecule has 0 radical (unpaired) electrons. The van der Waals surface area contributed by atoms with E-state index < -0.39 is 0 Å². The van der Waals surface area contributed by atoms with Gasteiger partial charge in [-0.1, -0.05) is 30.3 Å². The van der Waals surface area contributed by atoms with Gasteiger partial charge in [0.2, 0.25) is 0 Å². The van der Waals surface area contributed by atoms with Crippen molar-refractivity contribution in [3.8, 4) is 17.2 Å². The number of ether oxygens (including phenoxy) is 3. The molecule has 2 heterocycles. The minimum atomic E-state index is -0.162. The summed E-state index contributed by atoms with van der Waals surface area (Å²) in [5.74, 6) is 1.63. The van der Waals surface area contributed by atoms with Gasteiger partial charge in [0.15, 0.2) is 10.9 Å². The van der Waals surface area contributed by atoms with Gasteiger partial charge in [-0.2, -0.15) is 0 Å². The number of hydrogen-bond donors (Lipinski definition) is 1. The lowest BCUT2D eigenvalue weighted by Crippen LogP contribution is -2.14. The van der Waals surface area contributed by atoms with Crippen LogP contribution < -0.4 is 25.1 Å². The fourth-order valence-electron chi connectivity index (χ4n) is 5.20.